The number of allylic oxidation sites excluding steroid dienone is 1. The van der Waals surface area contributed by atoms with Crippen molar-refractivity contribution >= 4 is 13.2 Å². The summed E-state index contributed by atoms with van der Waals surface area (Å²) in [5.41, 5.74) is -0.432. The molecule has 0 radical (unpaired) electrons. The fourth-order valence-corrected chi connectivity index (χ4v) is 3.42. The van der Waals surface area contributed by atoms with Gasteiger partial charge in [-0.2, -0.15) is 0 Å². The highest BCUT2D eigenvalue weighted by atomic mass is 16.5. The van der Waals surface area contributed by atoms with Gasteiger partial charge in [-0.05, 0) is 32.0 Å². The summed E-state index contributed by atoms with van der Waals surface area (Å²) in [6.07, 6.45) is 6.96. The van der Waals surface area contributed by atoms with Crippen molar-refractivity contribution in [3.8, 4) is 0 Å². The minimum Gasteiger partial charge on any atom is -0.462 e. The lowest BCUT2D eigenvalue weighted by Gasteiger charge is -2.33. The summed E-state index contributed by atoms with van der Waals surface area (Å²) >= 11 is 0. The zero-order valence-electron chi connectivity index (χ0n) is 9.40. The summed E-state index contributed by atoms with van der Waals surface area (Å²) in [5.74, 6) is 2.05. The molecule has 2 saturated heterocycles. The van der Waals surface area contributed by atoms with E-state index >= 15 is 0 Å². The van der Waals surface area contributed by atoms with Crippen molar-refractivity contribution in [1.29, 1.82) is 0 Å². The van der Waals surface area contributed by atoms with E-state index in [0.29, 0.717) is 11.7 Å². The number of esters is 1. The maximum Gasteiger partial charge on any atom is 0.315 e. The molecule has 3 aliphatic rings. The Hall–Kier alpha value is -0.725. The van der Waals surface area contributed by atoms with E-state index in [1.807, 2.05) is 13.8 Å². The molecule has 0 aromatic carbocycles. The van der Waals surface area contributed by atoms with Crippen molar-refractivity contribution in [3.63, 3.8) is 0 Å². The smallest absolute Gasteiger partial charge is 0.315 e. The maximum absolute atomic E-state index is 11.9. The fourth-order valence-electron chi connectivity index (χ4n) is 3.42. The Morgan fingerprint density at radius 2 is 2.27 bits per heavy atom. The Morgan fingerprint density at radius 3 is 3.00 bits per heavy atom. The topological polar surface area (TPSA) is 26.3 Å². The number of rotatable bonds is 0. The largest absolute Gasteiger partial charge is 0.462 e. The molecular formula is C12H17BO2. The first-order valence-electron chi connectivity index (χ1n) is 5.97. The van der Waals surface area contributed by atoms with E-state index in [4.69, 9.17) is 4.74 Å². The van der Waals surface area contributed by atoms with Gasteiger partial charge in [-0.25, -0.2) is 0 Å². The molecule has 15 heavy (non-hydrogen) atoms. The molecule has 2 nitrogen and oxygen atoms in total. The minimum absolute atomic E-state index is 0.0465. The highest BCUT2D eigenvalue weighted by Gasteiger charge is 2.49. The van der Waals surface area contributed by atoms with Gasteiger partial charge in [0.15, 0.2) is 0 Å². The molecular weight excluding hydrogens is 187 g/mol. The normalized spacial score (nSPS) is 47.7. The molecule has 4 atom stereocenters. The van der Waals surface area contributed by atoms with Crippen molar-refractivity contribution in [2.75, 3.05) is 0 Å². The first kappa shape index (κ1) is 9.50. The molecule has 0 aromatic heterocycles. The number of hydrogen-bond donors (Lipinski definition) is 0. The Bertz CT molecular complexity index is 335. The summed E-state index contributed by atoms with van der Waals surface area (Å²) < 4.78 is 5.64. The lowest BCUT2D eigenvalue weighted by molar-refractivity contribution is -0.158. The lowest BCUT2D eigenvalue weighted by atomic mass is 9.65. The zero-order valence-corrected chi connectivity index (χ0v) is 9.40. The van der Waals surface area contributed by atoms with Crippen LogP contribution in [0.4, 0.5) is 0 Å². The Kier molecular flexibility index (Phi) is 1.83. The van der Waals surface area contributed by atoms with Gasteiger partial charge in [0.2, 0.25) is 0 Å². The molecule has 3 rings (SSSR count). The van der Waals surface area contributed by atoms with Crippen LogP contribution in [-0.4, -0.2) is 19.4 Å². The third-order valence-corrected chi connectivity index (χ3v) is 4.35. The van der Waals surface area contributed by atoms with E-state index in [1.54, 1.807) is 0 Å². The summed E-state index contributed by atoms with van der Waals surface area (Å²) in [5, 5.41) is 0. The standard InChI is InChI=1S/C12H17BO2/c1-12(2)4-3-7-5-8-6-9(10(7)13-8)15-11(12)14/h3-4,7-10,13H,5-6H2,1-2H3/b4-3+/t7-,8?,9?,10?/m0/s1. The Labute approximate surface area is 91.3 Å². The molecule has 2 bridgehead atoms. The quantitative estimate of drug-likeness (QED) is 0.342. The predicted octanol–water partition coefficient (Wildman–Crippen LogP) is 1.93. The highest BCUT2D eigenvalue weighted by molar-refractivity contribution is 6.42. The van der Waals surface area contributed by atoms with Gasteiger partial charge in [-0.15, -0.1) is 0 Å². The van der Waals surface area contributed by atoms with Crippen LogP contribution < -0.4 is 0 Å². The van der Waals surface area contributed by atoms with Crippen LogP contribution in [0.1, 0.15) is 26.7 Å². The molecule has 3 aliphatic heterocycles. The second kappa shape index (κ2) is 2.90. The van der Waals surface area contributed by atoms with Gasteiger partial charge in [0.05, 0.1) is 11.5 Å². The SMILES string of the molecule is CC1(C)/C=C/[C@H]2CC3BC2C(C3)OC1=O. The molecule has 0 aliphatic carbocycles. The third-order valence-electron chi connectivity index (χ3n) is 4.35. The lowest BCUT2D eigenvalue weighted by Crippen LogP contribution is -2.34. The molecule has 0 spiro atoms. The van der Waals surface area contributed by atoms with Gasteiger partial charge in [-0.3, -0.25) is 4.79 Å². The van der Waals surface area contributed by atoms with Gasteiger partial charge in [0, 0.05) is 0 Å². The summed E-state index contributed by atoms with van der Waals surface area (Å²) in [7, 11) is 1.27. The molecule has 0 saturated carbocycles. The first-order chi connectivity index (χ1) is 7.06. The van der Waals surface area contributed by atoms with E-state index in [0.717, 1.165) is 12.2 Å². The molecule has 2 fully saturated rings. The van der Waals surface area contributed by atoms with Crippen LogP contribution in [0.15, 0.2) is 12.2 Å². The molecule has 0 amide bonds. The van der Waals surface area contributed by atoms with Crippen LogP contribution in [0.25, 0.3) is 0 Å². The Morgan fingerprint density at radius 1 is 1.47 bits per heavy atom. The van der Waals surface area contributed by atoms with Crippen LogP contribution in [0, 0.1) is 11.3 Å². The number of ether oxygens (including phenoxy) is 1. The second-order valence-corrected chi connectivity index (χ2v) is 5.93. The minimum atomic E-state index is -0.432. The van der Waals surface area contributed by atoms with E-state index in [2.05, 4.69) is 12.2 Å². The number of carbonyl (C=O) groups excluding carboxylic acids is 1. The molecule has 3 heteroatoms. The van der Waals surface area contributed by atoms with E-state index in [1.165, 1.54) is 13.7 Å². The van der Waals surface area contributed by atoms with Crippen molar-refractivity contribution in [1.82, 2.24) is 0 Å². The molecule has 80 valence electrons. The van der Waals surface area contributed by atoms with Gasteiger partial charge in [0.25, 0.3) is 0 Å². The monoisotopic (exact) mass is 204 g/mol. The summed E-state index contributed by atoms with van der Waals surface area (Å²) in [6.45, 7) is 3.88. The first-order valence-corrected chi connectivity index (χ1v) is 5.97. The van der Waals surface area contributed by atoms with Gasteiger partial charge >= 0.3 is 5.97 Å². The average Bonchev–Trinajstić information content (AvgIpc) is 2.72. The van der Waals surface area contributed by atoms with Crippen molar-refractivity contribution in [3.05, 3.63) is 12.2 Å². The van der Waals surface area contributed by atoms with Crippen LogP contribution >= 0.6 is 0 Å². The molecule has 0 aromatic rings. The van der Waals surface area contributed by atoms with Crippen molar-refractivity contribution in [2.24, 2.45) is 11.3 Å². The van der Waals surface area contributed by atoms with Crippen molar-refractivity contribution < 1.29 is 9.53 Å². The second-order valence-electron chi connectivity index (χ2n) is 5.93. The molecule has 0 N–H and O–H groups in total. The zero-order chi connectivity index (χ0) is 10.6. The van der Waals surface area contributed by atoms with Crippen LogP contribution in [0.5, 0.6) is 0 Å². The highest BCUT2D eigenvalue weighted by Crippen LogP contribution is 2.53. The van der Waals surface area contributed by atoms with Crippen molar-refractivity contribution in [2.45, 2.75) is 44.4 Å². The van der Waals surface area contributed by atoms with Gasteiger partial charge < -0.3 is 4.74 Å². The van der Waals surface area contributed by atoms with E-state index < -0.39 is 5.41 Å². The predicted molar refractivity (Wildman–Crippen MR) is 60.2 cm³/mol. The molecule has 3 heterocycles. The number of carbonyl (C=O) groups is 1. The number of fused-ring (bicyclic) bond motifs is 1. The summed E-state index contributed by atoms with van der Waals surface area (Å²) in [4.78, 5) is 11.9. The molecule has 3 unspecified atom stereocenters. The van der Waals surface area contributed by atoms with E-state index in [-0.39, 0.29) is 12.1 Å². The fraction of sp³-hybridized carbons (Fsp3) is 0.750. The summed E-state index contributed by atoms with van der Waals surface area (Å²) in [6, 6.07) is 0. The van der Waals surface area contributed by atoms with Gasteiger partial charge in [-0.1, -0.05) is 24.4 Å². The van der Waals surface area contributed by atoms with Crippen LogP contribution in [-0.2, 0) is 9.53 Å². The van der Waals surface area contributed by atoms with Crippen LogP contribution in [0.3, 0.4) is 0 Å². The third kappa shape index (κ3) is 1.36. The van der Waals surface area contributed by atoms with Gasteiger partial charge in [0.1, 0.15) is 7.28 Å². The Balaban J connectivity index is 1.95. The average molecular weight is 204 g/mol. The van der Waals surface area contributed by atoms with E-state index in [9.17, 15) is 4.79 Å². The van der Waals surface area contributed by atoms with Crippen LogP contribution in [0.2, 0.25) is 11.6 Å². The number of hydrogen-bond acceptors (Lipinski definition) is 2. The maximum atomic E-state index is 11.9.